The molecule has 0 spiro atoms. The highest BCUT2D eigenvalue weighted by molar-refractivity contribution is 5.76. The van der Waals surface area contributed by atoms with Crippen molar-refractivity contribution in [1.29, 1.82) is 0 Å². The van der Waals surface area contributed by atoms with E-state index in [1.165, 1.54) is 0 Å². The Labute approximate surface area is 114 Å². The van der Waals surface area contributed by atoms with Crippen LogP contribution >= 0.6 is 0 Å². The molecule has 2 atom stereocenters. The Morgan fingerprint density at radius 1 is 1.47 bits per heavy atom. The maximum Gasteiger partial charge on any atom is 0.222 e. The number of likely N-dealkylation sites (tertiary alicyclic amines) is 1. The number of rotatable bonds is 3. The first-order valence-electron chi connectivity index (χ1n) is 6.87. The van der Waals surface area contributed by atoms with Crippen molar-refractivity contribution >= 4 is 5.91 Å². The molecule has 0 aliphatic carbocycles. The van der Waals surface area contributed by atoms with E-state index in [0.717, 1.165) is 24.2 Å². The molecule has 1 aromatic carbocycles. The number of nitrogens with zero attached hydrogens (tertiary/aromatic N) is 1. The van der Waals surface area contributed by atoms with Crippen molar-refractivity contribution < 1.29 is 9.53 Å². The molecule has 1 heterocycles. The smallest absolute Gasteiger partial charge is 0.222 e. The van der Waals surface area contributed by atoms with Crippen LogP contribution in [0.1, 0.15) is 37.8 Å². The van der Waals surface area contributed by atoms with Gasteiger partial charge in [-0.1, -0.05) is 12.1 Å². The Bertz CT molecular complexity index is 448. The van der Waals surface area contributed by atoms with E-state index >= 15 is 0 Å². The van der Waals surface area contributed by atoms with Gasteiger partial charge in [-0.25, -0.2) is 0 Å². The molecular weight excluding hydrogens is 240 g/mol. The minimum absolute atomic E-state index is 0.0201. The number of hydrogen-bond acceptors (Lipinski definition) is 3. The molecular formula is C15H22N2O2. The Morgan fingerprint density at radius 2 is 2.26 bits per heavy atom. The van der Waals surface area contributed by atoms with E-state index in [1.807, 2.05) is 38.2 Å². The fraction of sp³-hybridized carbons (Fsp3) is 0.533. The van der Waals surface area contributed by atoms with Gasteiger partial charge in [0, 0.05) is 19.5 Å². The van der Waals surface area contributed by atoms with Gasteiger partial charge in [0.1, 0.15) is 5.75 Å². The number of carbonyl (C=O) groups is 1. The second-order valence-electron chi connectivity index (χ2n) is 5.01. The van der Waals surface area contributed by atoms with Crippen molar-refractivity contribution in [3.05, 3.63) is 29.8 Å². The lowest BCUT2D eigenvalue weighted by molar-refractivity contribution is -0.131. The van der Waals surface area contributed by atoms with Gasteiger partial charge in [-0.15, -0.1) is 0 Å². The number of hydrogen-bond donors (Lipinski definition) is 1. The van der Waals surface area contributed by atoms with Gasteiger partial charge in [-0.3, -0.25) is 4.79 Å². The van der Waals surface area contributed by atoms with Crippen molar-refractivity contribution in [2.75, 3.05) is 13.7 Å². The van der Waals surface area contributed by atoms with Gasteiger partial charge in [-0.2, -0.15) is 0 Å². The highest BCUT2D eigenvalue weighted by atomic mass is 16.5. The molecule has 2 rings (SSSR count). The SMILES string of the molecule is CCOc1cccc(C2C(N)CCCC(=O)N2C)c1. The predicted octanol–water partition coefficient (Wildman–Crippen LogP) is 2.10. The molecule has 1 aliphatic rings. The monoisotopic (exact) mass is 262 g/mol. The molecule has 19 heavy (non-hydrogen) atoms. The highest BCUT2D eigenvalue weighted by Crippen LogP contribution is 2.30. The summed E-state index contributed by atoms with van der Waals surface area (Å²) in [6.07, 6.45) is 2.33. The Balaban J connectivity index is 2.30. The zero-order valence-electron chi connectivity index (χ0n) is 11.6. The lowest BCUT2D eigenvalue weighted by atomic mass is 9.96. The van der Waals surface area contributed by atoms with E-state index < -0.39 is 0 Å². The van der Waals surface area contributed by atoms with Crippen LogP contribution in [0.25, 0.3) is 0 Å². The average Bonchev–Trinajstić information content (AvgIpc) is 2.51. The summed E-state index contributed by atoms with van der Waals surface area (Å²) in [4.78, 5) is 13.8. The maximum absolute atomic E-state index is 12.0. The Kier molecular flexibility index (Phi) is 4.43. The van der Waals surface area contributed by atoms with E-state index in [1.54, 1.807) is 4.90 Å². The summed E-state index contributed by atoms with van der Waals surface area (Å²) in [5.74, 6) is 0.997. The molecule has 2 unspecified atom stereocenters. The van der Waals surface area contributed by atoms with Crippen LogP contribution in [0.2, 0.25) is 0 Å². The molecule has 104 valence electrons. The van der Waals surface area contributed by atoms with Gasteiger partial charge in [0.25, 0.3) is 0 Å². The molecule has 2 N–H and O–H groups in total. The van der Waals surface area contributed by atoms with Crippen LogP contribution in [0.15, 0.2) is 24.3 Å². The van der Waals surface area contributed by atoms with Crippen LogP contribution in [0, 0.1) is 0 Å². The summed E-state index contributed by atoms with van der Waals surface area (Å²) in [6, 6.07) is 7.81. The summed E-state index contributed by atoms with van der Waals surface area (Å²) in [7, 11) is 1.84. The summed E-state index contributed by atoms with van der Waals surface area (Å²) >= 11 is 0. The first kappa shape index (κ1) is 13.9. The van der Waals surface area contributed by atoms with Crippen molar-refractivity contribution in [3.63, 3.8) is 0 Å². The lowest BCUT2D eigenvalue weighted by Gasteiger charge is -2.31. The van der Waals surface area contributed by atoms with Crippen LogP contribution in [0.5, 0.6) is 5.75 Å². The molecule has 4 nitrogen and oxygen atoms in total. The van der Waals surface area contributed by atoms with Crippen LogP contribution < -0.4 is 10.5 Å². The molecule has 1 fully saturated rings. The maximum atomic E-state index is 12.0. The zero-order chi connectivity index (χ0) is 13.8. The van der Waals surface area contributed by atoms with Crippen LogP contribution in [0.4, 0.5) is 0 Å². The molecule has 0 bridgehead atoms. The largest absolute Gasteiger partial charge is 0.494 e. The third-order valence-corrected chi connectivity index (χ3v) is 3.65. The first-order chi connectivity index (χ1) is 9.13. The number of nitrogens with two attached hydrogens (primary N) is 1. The van der Waals surface area contributed by atoms with Crippen molar-refractivity contribution in [1.82, 2.24) is 4.90 Å². The van der Waals surface area contributed by atoms with Gasteiger partial charge >= 0.3 is 0 Å². The van der Waals surface area contributed by atoms with Gasteiger partial charge in [0.05, 0.1) is 12.6 Å². The molecule has 1 amide bonds. The van der Waals surface area contributed by atoms with Gasteiger partial charge in [-0.05, 0) is 37.5 Å². The van der Waals surface area contributed by atoms with E-state index in [9.17, 15) is 4.79 Å². The van der Waals surface area contributed by atoms with Crippen molar-refractivity contribution in [3.8, 4) is 5.75 Å². The molecule has 0 aromatic heterocycles. The van der Waals surface area contributed by atoms with Gasteiger partial charge < -0.3 is 15.4 Å². The lowest BCUT2D eigenvalue weighted by Crippen LogP contribution is -2.39. The number of amides is 1. The fourth-order valence-corrected chi connectivity index (χ4v) is 2.69. The summed E-state index contributed by atoms with van der Waals surface area (Å²) in [5, 5.41) is 0. The minimum atomic E-state index is -0.0598. The quantitative estimate of drug-likeness (QED) is 0.907. The number of likely N-dealkylation sites (N-methyl/N-ethyl adjacent to an activating group) is 1. The van der Waals surface area contributed by atoms with Crippen molar-refractivity contribution in [2.24, 2.45) is 5.73 Å². The van der Waals surface area contributed by atoms with Gasteiger partial charge in [0.2, 0.25) is 5.91 Å². The standard InChI is InChI=1S/C15H22N2O2/c1-3-19-12-7-4-6-11(10-12)15-13(16)8-5-9-14(18)17(15)2/h4,6-7,10,13,15H,3,5,8-9,16H2,1-2H3. The molecule has 1 aliphatic heterocycles. The fourth-order valence-electron chi connectivity index (χ4n) is 2.69. The number of carbonyl (C=O) groups excluding carboxylic acids is 1. The Morgan fingerprint density at radius 3 is 3.00 bits per heavy atom. The van der Waals surface area contributed by atoms with E-state index in [0.29, 0.717) is 13.0 Å². The van der Waals surface area contributed by atoms with Gasteiger partial charge in [0.15, 0.2) is 0 Å². The average molecular weight is 262 g/mol. The van der Waals surface area contributed by atoms with Crippen LogP contribution in [-0.2, 0) is 4.79 Å². The van der Waals surface area contributed by atoms with E-state index in [4.69, 9.17) is 10.5 Å². The minimum Gasteiger partial charge on any atom is -0.494 e. The zero-order valence-corrected chi connectivity index (χ0v) is 11.6. The Hall–Kier alpha value is -1.55. The van der Waals surface area contributed by atoms with Crippen LogP contribution in [-0.4, -0.2) is 30.5 Å². The number of benzene rings is 1. The second-order valence-corrected chi connectivity index (χ2v) is 5.01. The van der Waals surface area contributed by atoms with E-state index in [2.05, 4.69) is 0 Å². The first-order valence-corrected chi connectivity index (χ1v) is 6.87. The number of ether oxygens (including phenoxy) is 1. The topological polar surface area (TPSA) is 55.6 Å². The van der Waals surface area contributed by atoms with E-state index in [-0.39, 0.29) is 18.0 Å². The normalized spacial score (nSPS) is 24.2. The van der Waals surface area contributed by atoms with Crippen LogP contribution in [0.3, 0.4) is 0 Å². The third-order valence-electron chi connectivity index (χ3n) is 3.65. The molecule has 0 radical (unpaired) electrons. The van der Waals surface area contributed by atoms with Crippen molar-refractivity contribution in [2.45, 2.75) is 38.3 Å². The second kappa shape index (κ2) is 6.06. The molecule has 1 saturated heterocycles. The molecule has 4 heteroatoms. The molecule has 1 aromatic rings. The highest BCUT2D eigenvalue weighted by Gasteiger charge is 2.30. The molecule has 0 saturated carbocycles. The summed E-state index contributed by atoms with van der Waals surface area (Å²) in [6.45, 7) is 2.59. The third kappa shape index (κ3) is 3.07. The summed E-state index contributed by atoms with van der Waals surface area (Å²) in [5.41, 5.74) is 7.31. The predicted molar refractivity (Wildman–Crippen MR) is 74.9 cm³/mol. The summed E-state index contributed by atoms with van der Waals surface area (Å²) < 4.78 is 5.52.